The van der Waals surface area contributed by atoms with Gasteiger partial charge < -0.3 is 19.8 Å². The van der Waals surface area contributed by atoms with Gasteiger partial charge in [0.1, 0.15) is 17.2 Å². The Labute approximate surface area is 126 Å². The van der Waals surface area contributed by atoms with E-state index in [0.29, 0.717) is 5.56 Å². The molecule has 2 aromatic rings. The van der Waals surface area contributed by atoms with Crippen LogP contribution in [0.5, 0.6) is 17.2 Å². The van der Waals surface area contributed by atoms with E-state index in [1.165, 1.54) is 24.3 Å². The van der Waals surface area contributed by atoms with E-state index in [-0.39, 0.29) is 29.2 Å². The van der Waals surface area contributed by atoms with Crippen LogP contribution in [0.15, 0.2) is 42.5 Å². The van der Waals surface area contributed by atoms with Crippen LogP contribution in [0.1, 0.15) is 17.2 Å². The smallest absolute Gasteiger partial charge is 0.508 e. The number of benzene rings is 2. The molecule has 1 unspecified atom stereocenters. The van der Waals surface area contributed by atoms with Crippen LogP contribution in [0.3, 0.4) is 0 Å². The summed E-state index contributed by atoms with van der Waals surface area (Å²) in [7, 11) is -4.82. The molecule has 0 fully saturated rings. The van der Waals surface area contributed by atoms with Gasteiger partial charge in [-0.1, -0.05) is 12.1 Å². The molecular formula is C14H15O7P. The second-order valence-electron chi connectivity index (χ2n) is 4.69. The quantitative estimate of drug-likeness (QED) is 0.530. The maximum Gasteiger partial charge on any atom is 0.524 e. The van der Waals surface area contributed by atoms with Crippen molar-refractivity contribution in [1.29, 1.82) is 0 Å². The monoisotopic (exact) mass is 326 g/mol. The third kappa shape index (κ3) is 4.47. The molecule has 0 aliphatic heterocycles. The minimum atomic E-state index is -4.82. The Bertz CT molecular complexity index is 693. The third-order valence-corrected chi connectivity index (χ3v) is 3.37. The van der Waals surface area contributed by atoms with Gasteiger partial charge in [0.15, 0.2) is 0 Å². The summed E-state index contributed by atoms with van der Waals surface area (Å²) in [5.41, 5.74) is 0.842. The van der Waals surface area contributed by atoms with E-state index >= 15 is 0 Å². The van der Waals surface area contributed by atoms with Crippen molar-refractivity contribution in [3.63, 3.8) is 0 Å². The van der Waals surface area contributed by atoms with E-state index in [9.17, 15) is 19.9 Å². The molecule has 0 amide bonds. The minimum absolute atomic E-state index is 0.0911. The summed E-state index contributed by atoms with van der Waals surface area (Å²) >= 11 is 0. The maximum atomic E-state index is 11.0. The first kappa shape index (κ1) is 16.3. The van der Waals surface area contributed by atoms with Gasteiger partial charge in [0.2, 0.25) is 0 Å². The Morgan fingerprint density at radius 2 is 1.59 bits per heavy atom. The van der Waals surface area contributed by atoms with Crippen molar-refractivity contribution in [2.24, 2.45) is 0 Å². The molecule has 1 atom stereocenters. The van der Waals surface area contributed by atoms with Crippen molar-refractivity contribution >= 4 is 7.82 Å². The summed E-state index contributed by atoms with van der Waals surface area (Å²) in [4.78, 5) is 17.8. The fourth-order valence-corrected chi connectivity index (χ4v) is 2.39. The zero-order valence-corrected chi connectivity index (χ0v) is 12.2. The Hall–Kier alpha value is -2.05. The highest BCUT2D eigenvalue weighted by atomic mass is 31.2. The number of phenols is 2. The van der Waals surface area contributed by atoms with Gasteiger partial charge in [0.25, 0.3) is 0 Å². The summed E-state index contributed by atoms with van der Waals surface area (Å²) in [5.74, 6) is -0.447. The van der Waals surface area contributed by atoms with Gasteiger partial charge in [0.05, 0.1) is 6.10 Å². The second kappa shape index (κ2) is 6.37. The minimum Gasteiger partial charge on any atom is -0.508 e. The highest BCUT2D eigenvalue weighted by Crippen LogP contribution is 2.42. The van der Waals surface area contributed by atoms with E-state index in [0.717, 1.165) is 6.07 Å². The molecule has 0 radical (unpaired) electrons. The summed E-state index contributed by atoms with van der Waals surface area (Å²) in [6.45, 7) is 0. The number of aliphatic hydroxyl groups is 1. The first-order valence-corrected chi connectivity index (χ1v) is 7.81. The van der Waals surface area contributed by atoms with E-state index in [1.54, 1.807) is 12.1 Å². The van der Waals surface area contributed by atoms with Crippen LogP contribution in [-0.4, -0.2) is 25.1 Å². The molecule has 0 aliphatic carbocycles. The molecule has 0 spiro atoms. The first-order valence-electron chi connectivity index (χ1n) is 6.28. The SMILES string of the molecule is O=P(O)(O)Oc1cc(O)ccc1C(O)Cc1ccc(O)cc1. The fourth-order valence-electron chi connectivity index (χ4n) is 1.97. The molecule has 8 heteroatoms. The van der Waals surface area contributed by atoms with Crippen LogP contribution in [-0.2, 0) is 11.0 Å². The standard InChI is InChI=1S/C14H15O7P/c15-10-3-1-9(2-4-10)7-13(17)12-6-5-11(16)8-14(12)21-22(18,19)20/h1-6,8,13,15-17H,7H2,(H2,18,19,20). The molecule has 5 N–H and O–H groups in total. The van der Waals surface area contributed by atoms with E-state index in [2.05, 4.69) is 4.52 Å². The van der Waals surface area contributed by atoms with Crippen molar-refractivity contribution in [3.8, 4) is 17.2 Å². The lowest BCUT2D eigenvalue weighted by atomic mass is 10.0. The normalized spacial score (nSPS) is 12.9. The molecule has 0 aromatic heterocycles. The lowest BCUT2D eigenvalue weighted by Crippen LogP contribution is -2.04. The van der Waals surface area contributed by atoms with Crippen molar-refractivity contribution in [2.45, 2.75) is 12.5 Å². The Kier molecular flexibility index (Phi) is 4.73. The van der Waals surface area contributed by atoms with Gasteiger partial charge in [-0.2, -0.15) is 0 Å². The van der Waals surface area contributed by atoms with E-state index in [1.807, 2.05) is 0 Å². The fraction of sp³-hybridized carbons (Fsp3) is 0.143. The number of aromatic hydroxyl groups is 2. The zero-order valence-electron chi connectivity index (χ0n) is 11.3. The molecule has 2 aromatic carbocycles. The summed E-state index contributed by atoms with van der Waals surface area (Å²) in [6, 6.07) is 9.78. The van der Waals surface area contributed by atoms with Gasteiger partial charge >= 0.3 is 7.82 Å². The Morgan fingerprint density at radius 3 is 2.18 bits per heavy atom. The molecule has 0 aliphatic rings. The molecule has 0 saturated heterocycles. The number of rotatable bonds is 5. The predicted octanol–water partition coefficient (Wildman–Crippen LogP) is 1.85. The van der Waals surface area contributed by atoms with Gasteiger partial charge in [-0.3, -0.25) is 9.79 Å². The largest absolute Gasteiger partial charge is 0.524 e. The highest BCUT2D eigenvalue weighted by molar-refractivity contribution is 7.46. The maximum absolute atomic E-state index is 11.0. The first-order chi connectivity index (χ1) is 10.2. The van der Waals surface area contributed by atoms with E-state index in [4.69, 9.17) is 9.79 Å². The molecule has 2 rings (SSSR count). The molecule has 22 heavy (non-hydrogen) atoms. The molecule has 0 bridgehead atoms. The molecule has 0 heterocycles. The summed E-state index contributed by atoms with van der Waals surface area (Å²) < 4.78 is 15.5. The van der Waals surface area contributed by atoms with Crippen molar-refractivity contribution in [1.82, 2.24) is 0 Å². The van der Waals surface area contributed by atoms with Gasteiger partial charge in [-0.25, -0.2) is 4.57 Å². The number of hydrogen-bond donors (Lipinski definition) is 5. The number of phosphoric acid groups is 1. The molecular weight excluding hydrogens is 311 g/mol. The summed E-state index contributed by atoms with van der Waals surface area (Å²) in [5, 5.41) is 28.8. The highest BCUT2D eigenvalue weighted by Gasteiger charge is 2.22. The molecule has 118 valence electrons. The van der Waals surface area contributed by atoms with Crippen molar-refractivity contribution < 1.29 is 34.2 Å². The average Bonchev–Trinajstić information content (AvgIpc) is 2.39. The van der Waals surface area contributed by atoms with E-state index < -0.39 is 13.9 Å². The van der Waals surface area contributed by atoms with Crippen LogP contribution in [0.2, 0.25) is 0 Å². The predicted molar refractivity (Wildman–Crippen MR) is 77.5 cm³/mol. The topological polar surface area (TPSA) is 127 Å². The lowest BCUT2D eigenvalue weighted by molar-refractivity contribution is 0.174. The van der Waals surface area contributed by atoms with Crippen LogP contribution in [0.4, 0.5) is 0 Å². The van der Waals surface area contributed by atoms with Gasteiger partial charge in [0, 0.05) is 18.1 Å². The average molecular weight is 326 g/mol. The van der Waals surface area contributed by atoms with Gasteiger partial charge in [-0.15, -0.1) is 0 Å². The van der Waals surface area contributed by atoms with Crippen LogP contribution < -0.4 is 4.52 Å². The number of hydrogen-bond acceptors (Lipinski definition) is 5. The Morgan fingerprint density at radius 1 is 1.00 bits per heavy atom. The number of phenolic OH excluding ortho intramolecular Hbond substituents is 2. The number of aliphatic hydroxyl groups excluding tert-OH is 1. The zero-order chi connectivity index (χ0) is 16.3. The Balaban J connectivity index is 2.26. The van der Waals surface area contributed by atoms with Crippen molar-refractivity contribution in [3.05, 3.63) is 53.6 Å². The molecule has 0 saturated carbocycles. The molecule has 7 nitrogen and oxygen atoms in total. The number of phosphoric ester groups is 1. The van der Waals surface area contributed by atoms with Crippen LogP contribution in [0.25, 0.3) is 0 Å². The third-order valence-electron chi connectivity index (χ3n) is 2.94. The van der Waals surface area contributed by atoms with Gasteiger partial charge in [-0.05, 0) is 29.8 Å². The summed E-state index contributed by atoms with van der Waals surface area (Å²) in [6.07, 6.45) is -0.963. The van der Waals surface area contributed by atoms with Crippen molar-refractivity contribution in [2.75, 3.05) is 0 Å². The second-order valence-corrected chi connectivity index (χ2v) is 5.85. The van der Waals surface area contributed by atoms with Crippen LogP contribution >= 0.6 is 7.82 Å². The lowest BCUT2D eigenvalue weighted by Gasteiger charge is -2.17. The van der Waals surface area contributed by atoms with Crippen LogP contribution in [0, 0.1) is 0 Å².